The Kier molecular flexibility index (Phi) is 2.67. The van der Waals surface area contributed by atoms with E-state index in [4.69, 9.17) is 16.9 Å². The molecule has 3 nitrogen and oxygen atoms in total. The summed E-state index contributed by atoms with van der Waals surface area (Å²) in [6.45, 7) is 0. The van der Waals surface area contributed by atoms with Crippen molar-refractivity contribution in [3.63, 3.8) is 0 Å². The van der Waals surface area contributed by atoms with Gasteiger partial charge in [-0.05, 0) is 18.2 Å². The number of rotatable bonds is 1. The second kappa shape index (κ2) is 3.74. The number of hydrogen-bond donors (Lipinski definition) is 1. The Labute approximate surface area is 74.6 Å². The lowest BCUT2D eigenvalue weighted by Crippen LogP contribution is -2.07. The molecule has 0 saturated carbocycles. The summed E-state index contributed by atoms with van der Waals surface area (Å²) in [7, 11) is 0. The van der Waals surface area contributed by atoms with Crippen LogP contribution in [0.3, 0.4) is 0 Å². The third-order valence-electron chi connectivity index (χ3n) is 1.18. The minimum atomic E-state index is -0.697. The standard InChI is InChI=1S/C8H5ClN2O/c9-6-2-1-3-7(4-6)11-8(12)5-10/h1-4H,(H,11,12). The maximum absolute atomic E-state index is 10.6. The van der Waals surface area contributed by atoms with E-state index in [-0.39, 0.29) is 0 Å². The van der Waals surface area contributed by atoms with Gasteiger partial charge in [-0.15, -0.1) is 0 Å². The Bertz CT molecular complexity index is 343. The number of hydrogen-bond acceptors (Lipinski definition) is 2. The quantitative estimate of drug-likeness (QED) is 0.670. The van der Waals surface area contributed by atoms with Crippen molar-refractivity contribution >= 4 is 23.2 Å². The molecule has 0 unspecified atom stereocenters. The molecule has 0 aromatic heterocycles. The highest BCUT2D eigenvalue weighted by Gasteiger charge is 1.98. The van der Waals surface area contributed by atoms with E-state index in [1.807, 2.05) is 0 Å². The van der Waals surface area contributed by atoms with Crippen LogP contribution in [-0.4, -0.2) is 5.91 Å². The number of nitriles is 1. The lowest BCUT2D eigenvalue weighted by molar-refractivity contribution is -0.111. The van der Waals surface area contributed by atoms with Crippen molar-refractivity contribution in [3.05, 3.63) is 29.3 Å². The van der Waals surface area contributed by atoms with Crippen LogP contribution in [0.4, 0.5) is 5.69 Å². The number of amides is 1. The van der Waals surface area contributed by atoms with E-state index < -0.39 is 5.91 Å². The fraction of sp³-hybridized carbons (Fsp3) is 0. The molecule has 0 bridgehead atoms. The second-order valence-electron chi connectivity index (χ2n) is 2.08. The summed E-state index contributed by atoms with van der Waals surface area (Å²) in [5.41, 5.74) is 0.522. The number of halogens is 1. The summed E-state index contributed by atoms with van der Waals surface area (Å²) in [4.78, 5) is 10.6. The van der Waals surface area contributed by atoms with E-state index in [0.717, 1.165) is 0 Å². The average Bonchev–Trinajstić information content (AvgIpc) is 2.04. The molecule has 1 aromatic carbocycles. The van der Waals surface area contributed by atoms with Gasteiger partial charge in [-0.25, -0.2) is 0 Å². The Morgan fingerprint density at radius 1 is 1.58 bits per heavy atom. The highest BCUT2D eigenvalue weighted by atomic mass is 35.5. The van der Waals surface area contributed by atoms with Gasteiger partial charge >= 0.3 is 5.91 Å². The molecule has 0 aliphatic carbocycles. The summed E-state index contributed by atoms with van der Waals surface area (Å²) < 4.78 is 0. The first-order valence-electron chi connectivity index (χ1n) is 3.19. The van der Waals surface area contributed by atoms with E-state index in [2.05, 4.69) is 5.32 Å². The van der Waals surface area contributed by atoms with Crippen LogP contribution in [0.25, 0.3) is 0 Å². The van der Waals surface area contributed by atoms with Crippen molar-refractivity contribution in [3.8, 4) is 6.07 Å². The Morgan fingerprint density at radius 2 is 2.33 bits per heavy atom. The Morgan fingerprint density at radius 3 is 2.92 bits per heavy atom. The minimum absolute atomic E-state index is 0.519. The monoisotopic (exact) mass is 180 g/mol. The molecule has 1 N–H and O–H groups in total. The van der Waals surface area contributed by atoms with Crippen molar-refractivity contribution in [2.75, 3.05) is 5.32 Å². The van der Waals surface area contributed by atoms with Gasteiger partial charge in [0.1, 0.15) is 0 Å². The van der Waals surface area contributed by atoms with Crippen LogP contribution in [0.15, 0.2) is 24.3 Å². The number of benzene rings is 1. The van der Waals surface area contributed by atoms with Crippen LogP contribution < -0.4 is 5.32 Å². The maximum Gasteiger partial charge on any atom is 0.326 e. The van der Waals surface area contributed by atoms with E-state index in [1.165, 1.54) is 6.07 Å². The molecular formula is C8H5ClN2O. The number of carbonyl (C=O) groups excluding carboxylic acids is 1. The van der Waals surface area contributed by atoms with E-state index in [9.17, 15) is 4.79 Å². The van der Waals surface area contributed by atoms with Gasteiger partial charge in [0, 0.05) is 10.7 Å². The van der Waals surface area contributed by atoms with Gasteiger partial charge in [0.25, 0.3) is 0 Å². The second-order valence-corrected chi connectivity index (χ2v) is 2.51. The topological polar surface area (TPSA) is 52.9 Å². The molecule has 1 rings (SSSR count). The zero-order valence-electron chi connectivity index (χ0n) is 6.04. The maximum atomic E-state index is 10.6. The number of nitrogens with zero attached hydrogens (tertiary/aromatic N) is 1. The molecule has 60 valence electrons. The zero-order chi connectivity index (χ0) is 8.97. The summed E-state index contributed by atoms with van der Waals surface area (Å²) >= 11 is 5.64. The lowest BCUT2D eigenvalue weighted by Gasteiger charge is -1.98. The normalized spacial score (nSPS) is 8.67. The van der Waals surface area contributed by atoms with Crippen molar-refractivity contribution in [1.82, 2.24) is 0 Å². The van der Waals surface area contributed by atoms with Crippen LogP contribution in [-0.2, 0) is 4.79 Å². The van der Waals surface area contributed by atoms with E-state index in [0.29, 0.717) is 10.7 Å². The zero-order valence-corrected chi connectivity index (χ0v) is 6.80. The molecule has 0 radical (unpaired) electrons. The summed E-state index contributed by atoms with van der Waals surface area (Å²) in [6, 6.07) is 8.03. The van der Waals surface area contributed by atoms with Gasteiger partial charge < -0.3 is 5.32 Å². The SMILES string of the molecule is N#CC(=O)Nc1cccc(Cl)c1. The molecular weight excluding hydrogens is 176 g/mol. The Hall–Kier alpha value is -1.53. The fourth-order valence-electron chi connectivity index (χ4n) is 0.725. The molecule has 0 spiro atoms. The summed E-state index contributed by atoms with van der Waals surface area (Å²) in [5, 5.41) is 11.0. The molecule has 0 aliphatic heterocycles. The molecule has 0 saturated heterocycles. The average molecular weight is 181 g/mol. The first-order chi connectivity index (χ1) is 5.72. The van der Waals surface area contributed by atoms with Gasteiger partial charge in [0.05, 0.1) is 0 Å². The third kappa shape index (κ3) is 2.26. The van der Waals surface area contributed by atoms with Gasteiger partial charge in [0.2, 0.25) is 0 Å². The van der Waals surface area contributed by atoms with Crippen molar-refractivity contribution < 1.29 is 4.79 Å². The fourth-order valence-corrected chi connectivity index (χ4v) is 0.916. The predicted octanol–water partition coefficient (Wildman–Crippen LogP) is 1.80. The van der Waals surface area contributed by atoms with Gasteiger partial charge in [-0.1, -0.05) is 17.7 Å². The van der Waals surface area contributed by atoms with Crippen LogP contribution in [0.5, 0.6) is 0 Å². The number of anilines is 1. The number of nitrogens with one attached hydrogen (secondary N) is 1. The van der Waals surface area contributed by atoms with Crippen molar-refractivity contribution in [1.29, 1.82) is 5.26 Å². The first-order valence-corrected chi connectivity index (χ1v) is 3.57. The van der Waals surface area contributed by atoms with E-state index in [1.54, 1.807) is 24.3 Å². The summed E-state index contributed by atoms with van der Waals surface area (Å²) in [5.74, 6) is -0.697. The summed E-state index contributed by atoms with van der Waals surface area (Å²) in [6.07, 6.45) is 0. The van der Waals surface area contributed by atoms with Gasteiger partial charge in [0.15, 0.2) is 6.07 Å². The molecule has 0 fully saturated rings. The highest BCUT2D eigenvalue weighted by molar-refractivity contribution is 6.30. The van der Waals surface area contributed by atoms with Crippen LogP contribution in [0, 0.1) is 11.3 Å². The van der Waals surface area contributed by atoms with Crippen molar-refractivity contribution in [2.45, 2.75) is 0 Å². The highest BCUT2D eigenvalue weighted by Crippen LogP contribution is 2.14. The molecule has 0 atom stereocenters. The van der Waals surface area contributed by atoms with Crippen LogP contribution in [0.1, 0.15) is 0 Å². The lowest BCUT2D eigenvalue weighted by atomic mass is 10.3. The van der Waals surface area contributed by atoms with Crippen LogP contribution >= 0.6 is 11.6 Å². The molecule has 4 heteroatoms. The smallest absolute Gasteiger partial charge is 0.313 e. The first kappa shape index (κ1) is 8.57. The van der Waals surface area contributed by atoms with Gasteiger partial charge in [-0.3, -0.25) is 4.79 Å². The molecule has 1 aromatic rings. The third-order valence-corrected chi connectivity index (χ3v) is 1.42. The van der Waals surface area contributed by atoms with Crippen LogP contribution in [0.2, 0.25) is 5.02 Å². The molecule has 1 amide bonds. The Balaban J connectivity index is 2.78. The van der Waals surface area contributed by atoms with Gasteiger partial charge in [-0.2, -0.15) is 5.26 Å². The van der Waals surface area contributed by atoms with E-state index >= 15 is 0 Å². The molecule has 0 heterocycles. The molecule has 12 heavy (non-hydrogen) atoms. The largest absolute Gasteiger partial charge is 0.326 e. The van der Waals surface area contributed by atoms with Crippen molar-refractivity contribution in [2.24, 2.45) is 0 Å². The minimum Gasteiger partial charge on any atom is -0.313 e. The number of carbonyl (C=O) groups is 1. The predicted molar refractivity (Wildman–Crippen MR) is 45.7 cm³/mol. The molecule has 0 aliphatic rings.